The van der Waals surface area contributed by atoms with Crippen molar-refractivity contribution in [3.05, 3.63) is 34.3 Å². The Morgan fingerprint density at radius 3 is 2.52 bits per heavy atom. The first-order valence-corrected chi connectivity index (χ1v) is 7.96. The first-order chi connectivity index (χ1) is 11.0. The number of para-hydroxylation sites is 1. The van der Waals surface area contributed by atoms with Gasteiger partial charge in [-0.2, -0.15) is 0 Å². The highest BCUT2D eigenvalue weighted by molar-refractivity contribution is 6.00. The van der Waals surface area contributed by atoms with E-state index in [1.54, 1.807) is 6.07 Å². The van der Waals surface area contributed by atoms with Crippen LogP contribution in [0.5, 0.6) is 0 Å². The van der Waals surface area contributed by atoms with Gasteiger partial charge in [0.2, 0.25) is 11.8 Å². The molecule has 0 radical (unpaired) electrons. The van der Waals surface area contributed by atoms with Gasteiger partial charge in [-0.15, -0.1) is 0 Å². The summed E-state index contributed by atoms with van der Waals surface area (Å²) in [7, 11) is 0. The number of rotatable bonds is 2. The number of oxazole rings is 1. The van der Waals surface area contributed by atoms with Gasteiger partial charge in [-0.25, -0.2) is 4.79 Å². The summed E-state index contributed by atoms with van der Waals surface area (Å²) in [5, 5.41) is 2.27. The summed E-state index contributed by atoms with van der Waals surface area (Å²) in [4.78, 5) is 35.4. The summed E-state index contributed by atoms with van der Waals surface area (Å²) >= 11 is 0. The van der Waals surface area contributed by atoms with Gasteiger partial charge in [0.1, 0.15) is 6.04 Å². The molecular weight excluding hydrogens is 296 g/mol. The number of amides is 2. The minimum Gasteiger partial charge on any atom is -0.407 e. The van der Waals surface area contributed by atoms with E-state index in [9.17, 15) is 14.4 Å². The van der Waals surface area contributed by atoms with E-state index in [1.807, 2.05) is 39.8 Å². The lowest BCUT2D eigenvalue weighted by Crippen LogP contribution is -2.43. The van der Waals surface area contributed by atoms with Crippen LogP contribution in [0.15, 0.2) is 27.4 Å². The van der Waals surface area contributed by atoms with Gasteiger partial charge >= 0.3 is 5.76 Å². The van der Waals surface area contributed by atoms with Crippen LogP contribution in [0.2, 0.25) is 0 Å². The van der Waals surface area contributed by atoms with Crippen molar-refractivity contribution in [3.8, 4) is 0 Å². The van der Waals surface area contributed by atoms with Gasteiger partial charge < -0.3 is 4.42 Å². The second kappa shape index (κ2) is 6.81. The van der Waals surface area contributed by atoms with E-state index in [2.05, 4.69) is 5.32 Å². The van der Waals surface area contributed by atoms with Crippen molar-refractivity contribution in [3.63, 3.8) is 0 Å². The van der Waals surface area contributed by atoms with E-state index < -0.39 is 17.7 Å². The summed E-state index contributed by atoms with van der Waals surface area (Å²) < 4.78 is 6.71. The number of imide groups is 1. The Kier molecular flexibility index (Phi) is 5.03. The van der Waals surface area contributed by atoms with Crippen LogP contribution in [0.3, 0.4) is 0 Å². The molecule has 1 saturated heterocycles. The number of hydrogen-bond acceptors (Lipinski definition) is 4. The summed E-state index contributed by atoms with van der Waals surface area (Å²) in [6, 6.07) is 4.81. The fourth-order valence-electron chi connectivity index (χ4n) is 2.76. The van der Waals surface area contributed by atoms with Crippen molar-refractivity contribution < 1.29 is 14.0 Å². The van der Waals surface area contributed by atoms with Gasteiger partial charge in [0.25, 0.3) is 0 Å². The van der Waals surface area contributed by atoms with Crippen molar-refractivity contribution in [2.45, 2.75) is 52.5 Å². The van der Waals surface area contributed by atoms with Gasteiger partial charge in [-0.05, 0) is 24.0 Å². The van der Waals surface area contributed by atoms with Crippen LogP contribution in [0.25, 0.3) is 11.1 Å². The van der Waals surface area contributed by atoms with Crippen LogP contribution in [0, 0.1) is 0 Å². The van der Waals surface area contributed by atoms with Crippen LogP contribution in [-0.2, 0) is 9.59 Å². The lowest BCUT2D eigenvalue weighted by molar-refractivity contribution is -0.135. The topological polar surface area (TPSA) is 81.3 Å². The first-order valence-electron chi connectivity index (χ1n) is 7.96. The second-order valence-corrected chi connectivity index (χ2v) is 5.56. The van der Waals surface area contributed by atoms with Crippen molar-refractivity contribution in [1.82, 2.24) is 9.88 Å². The smallest absolute Gasteiger partial charge is 0.407 e. The zero-order valence-corrected chi connectivity index (χ0v) is 13.9. The Balaban J connectivity index is 0.000000924. The molecule has 0 saturated carbocycles. The largest absolute Gasteiger partial charge is 0.420 e. The summed E-state index contributed by atoms with van der Waals surface area (Å²) in [5.74, 6) is -1.12. The molecule has 2 heterocycles. The van der Waals surface area contributed by atoms with Crippen LogP contribution in [0.4, 0.5) is 0 Å². The van der Waals surface area contributed by atoms with Crippen LogP contribution in [-0.4, -0.2) is 16.4 Å². The number of carbonyl (C=O) groups is 2. The molecule has 2 amide bonds. The number of nitrogens with one attached hydrogen (secondary N) is 1. The molecule has 1 atom stereocenters. The molecular formula is C17H22N2O4. The van der Waals surface area contributed by atoms with Gasteiger partial charge in [-0.1, -0.05) is 39.8 Å². The maximum Gasteiger partial charge on any atom is 0.420 e. The van der Waals surface area contributed by atoms with Gasteiger partial charge in [-0.3, -0.25) is 19.5 Å². The van der Waals surface area contributed by atoms with Crippen molar-refractivity contribution in [2.75, 3.05) is 0 Å². The molecule has 1 fully saturated rings. The van der Waals surface area contributed by atoms with E-state index >= 15 is 0 Å². The lowest BCUT2D eigenvalue weighted by atomic mass is 10.0. The monoisotopic (exact) mass is 318 g/mol. The zero-order chi connectivity index (χ0) is 17.1. The highest BCUT2D eigenvalue weighted by atomic mass is 16.4. The molecule has 0 spiro atoms. The first kappa shape index (κ1) is 17.0. The van der Waals surface area contributed by atoms with Crippen molar-refractivity contribution >= 4 is 22.9 Å². The summed E-state index contributed by atoms with van der Waals surface area (Å²) in [6.45, 7) is 8.02. The summed E-state index contributed by atoms with van der Waals surface area (Å²) in [5.41, 5.74) is 2.04. The average molecular weight is 318 g/mol. The molecule has 1 N–H and O–H groups in total. The summed E-state index contributed by atoms with van der Waals surface area (Å²) in [6.07, 6.45) is 0.532. The fraction of sp³-hybridized carbons (Fsp3) is 0.471. The molecule has 6 heteroatoms. The number of fused-ring (bicyclic) bond motifs is 1. The van der Waals surface area contributed by atoms with E-state index in [4.69, 9.17) is 4.42 Å². The highest BCUT2D eigenvalue weighted by Crippen LogP contribution is 2.28. The molecule has 1 aliphatic heterocycles. The number of benzene rings is 1. The van der Waals surface area contributed by atoms with E-state index in [0.29, 0.717) is 17.5 Å². The Morgan fingerprint density at radius 2 is 1.91 bits per heavy atom. The molecule has 1 aromatic heterocycles. The number of piperidine rings is 1. The molecule has 124 valence electrons. The molecule has 1 unspecified atom stereocenters. The van der Waals surface area contributed by atoms with Crippen LogP contribution < -0.4 is 11.1 Å². The molecule has 6 nitrogen and oxygen atoms in total. The maximum absolute atomic E-state index is 12.2. The predicted molar refractivity (Wildman–Crippen MR) is 87.3 cm³/mol. The molecule has 1 aliphatic rings. The standard InChI is InChI=1S/C15H16N2O4.C2H6/c1-8(2)9-4-3-5-10-13(9)21-15(20)17(10)11-6-7-12(18)16-14(11)19;1-2/h3-5,8,11H,6-7H2,1-2H3,(H,16,18,19);1-2H3. The van der Waals surface area contributed by atoms with E-state index in [0.717, 1.165) is 5.56 Å². The van der Waals surface area contributed by atoms with Crippen LogP contribution >= 0.6 is 0 Å². The third kappa shape index (κ3) is 3.06. The normalized spacial score (nSPS) is 17.9. The third-order valence-corrected chi connectivity index (χ3v) is 3.81. The van der Waals surface area contributed by atoms with Gasteiger partial charge in [0, 0.05) is 6.42 Å². The van der Waals surface area contributed by atoms with Gasteiger partial charge in [0.15, 0.2) is 5.58 Å². The Hall–Kier alpha value is -2.37. The van der Waals surface area contributed by atoms with E-state index in [1.165, 1.54) is 4.57 Å². The Labute approximate surface area is 134 Å². The molecule has 0 aliphatic carbocycles. The quantitative estimate of drug-likeness (QED) is 0.863. The lowest BCUT2D eigenvalue weighted by Gasteiger charge is -2.21. The Morgan fingerprint density at radius 1 is 1.22 bits per heavy atom. The Bertz CT molecular complexity index is 785. The number of nitrogens with zero attached hydrogens (tertiary/aromatic N) is 1. The molecule has 0 bridgehead atoms. The van der Waals surface area contributed by atoms with Gasteiger partial charge in [0.05, 0.1) is 5.52 Å². The highest BCUT2D eigenvalue weighted by Gasteiger charge is 2.31. The molecule has 1 aromatic carbocycles. The van der Waals surface area contributed by atoms with E-state index in [-0.39, 0.29) is 18.2 Å². The minimum absolute atomic E-state index is 0.203. The van der Waals surface area contributed by atoms with Crippen molar-refractivity contribution in [2.24, 2.45) is 0 Å². The zero-order valence-electron chi connectivity index (χ0n) is 13.9. The molecule has 23 heavy (non-hydrogen) atoms. The second-order valence-electron chi connectivity index (χ2n) is 5.56. The SMILES string of the molecule is CC.CC(C)c1cccc2c1oc(=O)n2C1CCC(=O)NC1=O. The number of hydrogen-bond donors (Lipinski definition) is 1. The number of carbonyl (C=O) groups excluding carboxylic acids is 2. The molecule has 3 rings (SSSR count). The maximum atomic E-state index is 12.2. The van der Waals surface area contributed by atoms with Crippen LogP contribution in [0.1, 0.15) is 58.1 Å². The van der Waals surface area contributed by atoms with Crippen molar-refractivity contribution in [1.29, 1.82) is 0 Å². The third-order valence-electron chi connectivity index (χ3n) is 3.81. The average Bonchev–Trinajstić information content (AvgIpc) is 2.85. The minimum atomic E-state index is -0.695. The predicted octanol–water partition coefficient (Wildman–Crippen LogP) is 2.72. The molecule has 2 aromatic rings. The fourth-order valence-corrected chi connectivity index (χ4v) is 2.76. The number of aromatic nitrogens is 1.